The third-order valence-electron chi connectivity index (χ3n) is 1.22. The molecule has 0 aromatic rings. The van der Waals surface area contributed by atoms with Crippen LogP contribution in [-0.4, -0.2) is 12.9 Å². The maximum Gasteiger partial charge on any atom is 0.120 e. The fraction of sp³-hybridized carbons (Fsp3) is 0.300. The summed E-state index contributed by atoms with van der Waals surface area (Å²) in [5, 5.41) is 0. The zero-order valence-corrected chi connectivity index (χ0v) is 7.16. The summed E-state index contributed by atoms with van der Waals surface area (Å²) in [5.74, 6) is 0.691. The lowest BCUT2D eigenvalue weighted by atomic mass is 10.3. The van der Waals surface area contributed by atoms with Crippen molar-refractivity contribution in [2.75, 3.05) is 6.61 Å². The van der Waals surface area contributed by atoms with Crippen molar-refractivity contribution in [3.63, 3.8) is 0 Å². The Morgan fingerprint density at radius 1 is 1.42 bits per heavy atom. The van der Waals surface area contributed by atoms with Gasteiger partial charge in [-0.15, -0.1) is 0 Å². The van der Waals surface area contributed by atoms with Crippen molar-refractivity contribution in [2.24, 2.45) is 0 Å². The molecule has 0 saturated carbocycles. The summed E-state index contributed by atoms with van der Waals surface area (Å²) in [6.07, 6.45) is 7.14. The molecule has 0 saturated heterocycles. The van der Waals surface area contributed by atoms with Crippen LogP contribution in [0.2, 0.25) is 0 Å². The third kappa shape index (κ3) is 5.47. The molecule has 0 aromatic carbocycles. The first-order valence-electron chi connectivity index (χ1n) is 3.86. The number of hydrogen-bond donors (Lipinski definition) is 0. The van der Waals surface area contributed by atoms with Crippen LogP contribution in [0.4, 0.5) is 0 Å². The lowest BCUT2D eigenvalue weighted by Gasteiger charge is -2.03. The Morgan fingerprint density at radius 3 is 2.67 bits per heavy atom. The van der Waals surface area contributed by atoms with E-state index in [4.69, 9.17) is 4.74 Å². The molecule has 0 N–H and O–H groups in total. The van der Waals surface area contributed by atoms with Gasteiger partial charge in [0.1, 0.15) is 12.0 Å². The second-order valence-corrected chi connectivity index (χ2v) is 2.17. The van der Waals surface area contributed by atoms with Crippen LogP contribution in [0.15, 0.2) is 37.1 Å². The Morgan fingerprint density at radius 2 is 2.17 bits per heavy atom. The van der Waals surface area contributed by atoms with Gasteiger partial charge >= 0.3 is 0 Å². The quantitative estimate of drug-likeness (QED) is 0.251. The highest BCUT2D eigenvalue weighted by atomic mass is 16.5. The molecule has 0 atom stereocenters. The van der Waals surface area contributed by atoms with Crippen LogP contribution in [0, 0.1) is 0 Å². The first kappa shape index (κ1) is 10.7. The van der Waals surface area contributed by atoms with E-state index in [0.29, 0.717) is 18.8 Å². The average molecular weight is 166 g/mol. The van der Waals surface area contributed by atoms with Crippen molar-refractivity contribution < 1.29 is 9.53 Å². The lowest BCUT2D eigenvalue weighted by molar-refractivity contribution is -0.108. The van der Waals surface area contributed by atoms with Gasteiger partial charge in [-0.3, -0.25) is 0 Å². The van der Waals surface area contributed by atoms with Crippen LogP contribution >= 0.6 is 0 Å². The maximum atomic E-state index is 9.94. The summed E-state index contributed by atoms with van der Waals surface area (Å²) < 4.78 is 5.25. The third-order valence-corrected chi connectivity index (χ3v) is 1.22. The van der Waals surface area contributed by atoms with Crippen LogP contribution in [0.5, 0.6) is 0 Å². The van der Waals surface area contributed by atoms with Crippen molar-refractivity contribution in [1.29, 1.82) is 0 Å². The number of allylic oxidation sites excluding steroid dienone is 3. The summed E-state index contributed by atoms with van der Waals surface area (Å²) in [4.78, 5) is 9.94. The molecule has 0 bridgehead atoms. The van der Waals surface area contributed by atoms with E-state index < -0.39 is 0 Å². The molecule has 2 heteroatoms. The van der Waals surface area contributed by atoms with Gasteiger partial charge in [-0.25, -0.2) is 0 Å². The van der Waals surface area contributed by atoms with Crippen LogP contribution in [-0.2, 0) is 9.53 Å². The molecular formula is C10H14O2. The van der Waals surface area contributed by atoms with Crippen molar-refractivity contribution in [1.82, 2.24) is 0 Å². The van der Waals surface area contributed by atoms with E-state index in [2.05, 4.69) is 13.2 Å². The van der Waals surface area contributed by atoms with Gasteiger partial charge in [0.05, 0.1) is 6.61 Å². The molecule has 0 heterocycles. The highest BCUT2D eigenvalue weighted by Gasteiger charge is 1.90. The topological polar surface area (TPSA) is 26.3 Å². The fourth-order valence-corrected chi connectivity index (χ4v) is 0.648. The Bertz CT molecular complexity index is 180. The molecule has 66 valence electrons. The van der Waals surface area contributed by atoms with Gasteiger partial charge in [0.2, 0.25) is 0 Å². The molecule has 0 amide bonds. The minimum Gasteiger partial charge on any atom is -0.494 e. The summed E-state index contributed by atoms with van der Waals surface area (Å²) in [6, 6.07) is 0. The Balaban J connectivity index is 3.58. The van der Waals surface area contributed by atoms with Crippen LogP contribution in [0.3, 0.4) is 0 Å². The number of hydrogen-bond acceptors (Lipinski definition) is 2. The number of aldehydes is 1. The minimum atomic E-state index is 0.540. The predicted molar refractivity (Wildman–Crippen MR) is 49.7 cm³/mol. The minimum absolute atomic E-state index is 0.540. The standard InChI is InChI=1S/C10H14O2/c1-3-7-10(4-2)12-9-6-5-8-11/h3-4,7-8H,1-2,5-6,9H2/b10-7+. The van der Waals surface area contributed by atoms with Gasteiger partial charge in [0.25, 0.3) is 0 Å². The normalized spacial score (nSPS) is 10.5. The van der Waals surface area contributed by atoms with E-state index in [9.17, 15) is 4.79 Å². The number of rotatable bonds is 7. The SMILES string of the molecule is C=C/C=C(\C=C)OCCCC=O. The molecule has 0 aliphatic rings. The molecular weight excluding hydrogens is 152 g/mol. The van der Waals surface area contributed by atoms with Gasteiger partial charge in [0.15, 0.2) is 0 Å². The molecule has 0 unspecified atom stereocenters. The number of ether oxygens (including phenoxy) is 1. The molecule has 0 radical (unpaired) electrons. The number of carbonyl (C=O) groups is 1. The molecule has 0 aliphatic carbocycles. The van der Waals surface area contributed by atoms with Crippen molar-refractivity contribution in [2.45, 2.75) is 12.8 Å². The van der Waals surface area contributed by atoms with Gasteiger partial charge in [-0.05, 0) is 18.6 Å². The largest absolute Gasteiger partial charge is 0.494 e. The Hall–Kier alpha value is -1.31. The summed E-state index contributed by atoms with van der Waals surface area (Å²) in [7, 11) is 0. The summed E-state index contributed by atoms with van der Waals surface area (Å²) in [6.45, 7) is 7.65. The summed E-state index contributed by atoms with van der Waals surface area (Å²) >= 11 is 0. The molecule has 0 rings (SSSR count). The van der Waals surface area contributed by atoms with Crippen LogP contribution in [0.25, 0.3) is 0 Å². The van der Waals surface area contributed by atoms with Crippen LogP contribution < -0.4 is 0 Å². The molecule has 0 fully saturated rings. The zero-order valence-electron chi connectivity index (χ0n) is 7.16. The Kier molecular flexibility index (Phi) is 6.94. The van der Waals surface area contributed by atoms with E-state index in [1.807, 2.05) is 0 Å². The number of unbranched alkanes of at least 4 members (excludes halogenated alkanes) is 1. The van der Waals surface area contributed by atoms with E-state index in [-0.39, 0.29) is 0 Å². The Labute approximate surface area is 73.2 Å². The number of carbonyl (C=O) groups excluding carboxylic acids is 1. The fourth-order valence-electron chi connectivity index (χ4n) is 0.648. The van der Waals surface area contributed by atoms with E-state index in [1.54, 1.807) is 18.2 Å². The van der Waals surface area contributed by atoms with Crippen molar-refractivity contribution in [3.05, 3.63) is 37.1 Å². The molecule has 0 aliphatic heterocycles. The van der Waals surface area contributed by atoms with Gasteiger partial charge in [-0.2, -0.15) is 0 Å². The van der Waals surface area contributed by atoms with E-state index >= 15 is 0 Å². The van der Waals surface area contributed by atoms with Crippen LogP contribution in [0.1, 0.15) is 12.8 Å². The maximum absolute atomic E-state index is 9.94. The first-order valence-corrected chi connectivity index (χ1v) is 3.86. The monoisotopic (exact) mass is 166 g/mol. The second kappa shape index (κ2) is 7.79. The lowest BCUT2D eigenvalue weighted by Crippen LogP contribution is -1.93. The molecule has 12 heavy (non-hydrogen) atoms. The molecule has 0 spiro atoms. The van der Waals surface area contributed by atoms with E-state index in [1.165, 1.54) is 0 Å². The molecule has 0 aromatic heterocycles. The second-order valence-electron chi connectivity index (χ2n) is 2.17. The van der Waals surface area contributed by atoms with Gasteiger partial charge in [0, 0.05) is 6.42 Å². The summed E-state index contributed by atoms with van der Waals surface area (Å²) in [5.41, 5.74) is 0. The zero-order chi connectivity index (χ0) is 9.23. The molecule has 2 nitrogen and oxygen atoms in total. The van der Waals surface area contributed by atoms with Crippen molar-refractivity contribution >= 4 is 6.29 Å². The van der Waals surface area contributed by atoms with Crippen molar-refractivity contribution in [3.8, 4) is 0 Å². The smallest absolute Gasteiger partial charge is 0.120 e. The highest BCUT2D eigenvalue weighted by molar-refractivity contribution is 5.48. The first-order chi connectivity index (χ1) is 5.85. The van der Waals surface area contributed by atoms with Gasteiger partial charge < -0.3 is 9.53 Å². The van der Waals surface area contributed by atoms with E-state index in [0.717, 1.165) is 12.7 Å². The predicted octanol–water partition coefficient (Wildman–Crippen LogP) is 2.24. The average Bonchev–Trinajstić information content (AvgIpc) is 2.10. The highest BCUT2D eigenvalue weighted by Crippen LogP contribution is 2.00. The van der Waals surface area contributed by atoms with Gasteiger partial charge in [-0.1, -0.05) is 19.2 Å².